The summed E-state index contributed by atoms with van der Waals surface area (Å²) in [6.45, 7) is 6.12. The maximum absolute atomic E-state index is 14.9. The third-order valence-corrected chi connectivity index (χ3v) is 7.19. The molecule has 1 N–H and O–H groups in total. The molecule has 6 heteroatoms. The van der Waals surface area contributed by atoms with Gasteiger partial charge in [0.1, 0.15) is 23.9 Å². The first-order valence-electron chi connectivity index (χ1n) is 13.0. The molecular formula is C32H37FO5. The van der Waals surface area contributed by atoms with Crippen LogP contribution in [0, 0.1) is 17.2 Å². The summed E-state index contributed by atoms with van der Waals surface area (Å²) < 4.78 is 31.2. The largest absolute Gasteiger partial charge is 0.497 e. The van der Waals surface area contributed by atoms with Crippen LogP contribution in [-0.2, 0) is 16.1 Å². The van der Waals surface area contributed by atoms with Crippen molar-refractivity contribution in [3.05, 3.63) is 83.2 Å². The number of carbonyl (C=O) groups is 1. The Morgan fingerprint density at radius 3 is 2.42 bits per heavy atom. The van der Waals surface area contributed by atoms with Crippen molar-refractivity contribution in [3.63, 3.8) is 0 Å². The number of ether oxygens (including phenoxy) is 3. The van der Waals surface area contributed by atoms with Crippen LogP contribution in [0.2, 0.25) is 0 Å². The number of rotatable bonds is 10. The summed E-state index contributed by atoms with van der Waals surface area (Å²) in [7, 11) is 2.96. The van der Waals surface area contributed by atoms with Crippen LogP contribution >= 0.6 is 0 Å². The number of esters is 1. The summed E-state index contributed by atoms with van der Waals surface area (Å²) >= 11 is 0. The van der Waals surface area contributed by atoms with Gasteiger partial charge in [-0.2, -0.15) is 0 Å². The minimum absolute atomic E-state index is 0.122. The zero-order valence-electron chi connectivity index (χ0n) is 22.8. The van der Waals surface area contributed by atoms with Gasteiger partial charge in [-0.3, -0.25) is 4.79 Å². The first-order valence-corrected chi connectivity index (χ1v) is 13.0. The molecule has 2 atom stereocenters. The maximum Gasteiger partial charge on any atom is 0.306 e. The molecule has 5 nitrogen and oxygen atoms in total. The summed E-state index contributed by atoms with van der Waals surface area (Å²) in [4.78, 5) is 12.0. The SMILES string of the molecule is COC(=O)C[C@H](c1cccc(OCc2ccc(-c3cc(OC)ccc3F)c(C(O)C(C)(C)C)c2)c1)C1CC1. The van der Waals surface area contributed by atoms with E-state index in [1.54, 1.807) is 19.2 Å². The molecule has 0 aromatic heterocycles. The van der Waals surface area contributed by atoms with Gasteiger partial charge in [0.05, 0.1) is 26.7 Å². The molecule has 3 aromatic rings. The Kier molecular flexibility index (Phi) is 8.41. The quantitative estimate of drug-likeness (QED) is 0.286. The van der Waals surface area contributed by atoms with Gasteiger partial charge in [0.2, 0.25) is 0 Å². The predicted octanol–water partition coefficient (Wildman–Crippen LogP) is 7.22. The Labute approximate surface area is 224 Å². The fourth-order valence-corrected chi connectivity index (χ4v) is 4.80. The Balaban J connectivity index is 1.60. The second-order valence-electron chi connectivity index (χ2n) is 11.1. The van der Waals surface area contributed by atoms with E-state index in [9.17, 15) is 14.3 Å². The van der Waals surface area contributed by atoms with E-state index in [1.165, 1.54) is 13.2 Å². The number of aliphatic hydroxyl groups excluding tert-OH is 1. The van der Waals surface area contributed by atoms with E-state index in [1.807, 2.05) is 63.2 Å². The zero-order valence-corrected chi connectivity index (χ0v) is 22.8. The van der Waals surface area contributed by atoms with Crippen molar-refractivity contribution in [3.8, 4) is 22.6 Å². The summed E-state index contributed by atoms with van der Waals surface area (Å²) in [6, 6.07) is 18.1. The number of carbonyl (C=O) groups excluding carboxylic acids is 1. The second kappa shape index (κ2) is 11.6. The number of aliphatic hydroxyl groups is 1. The molecule has 202 valence electrons. The minimum atomic E-state index is -0.830. The van der Waals surface area contributed by atoms with Crippen molar-refractivity contribution in [1.82, 2.24) is 0 Å². The molecule has 1 saturated carbocycles. The molecule has 3 aromatic carbocycles. The Bertz CT molecular complexity index is 1280. The van der Waals surface area contributed by atoms with Gasteiger partial charge in [-0.05, 0) is 88.7 Å². The first kappa shape index (κ1) is 27.6. The van der Waals surface area contributed by atoms with Gasteiger partial charge in [0.15, 0.2) is 0 Å². The lowest BCUT2D eigenvalue weighted by atomic mass is 9.81. The molecule has 1 aliphatic carbocycles. The fourth-order valence-electron chi connectivity index (χ4n) is 4.80. The Hall–Kier alpha value is -3.38. The average molecular weight is 521 g/mol. The van der Waals surface area contributed by atoms with Gasteiger partial charge in [-0.1, -0.05) is 45.0 Å². The third kappa shape index (κ3) is 6.54. The van der Waals surface area contributed by atoms with Crippen LogP contribution in [0.25, 0.3) is 11.1 Å². The van der Waals surface area contributed by atoms with Crippen molar-refractivity contribution in [2.75, 3.05) is 14.2 Å². The smallest absolute Gasteiger partial charge is 0.306 e. The molecule has 0 spiro atoms. The average Bonchev–Trinajstić information content (AvgIpc) is 3.75. The van der Waals surface area contributed by atoms with E-state index in [4.69, 9.17) is 14.2 Å². The summed E-state index contributed by atoms with van der Waals surface area (Å²) in [5.41, 5.74) is 3.09. The number of halogens is 1. The highest BCUT2D eigenvalue weighted by molar-refractivity contribution is 5.71. The monoisotopic (exact) mass is 520 g/mol. The van der Waals surface area contributed by atoms with Gasteiger partial charge >= 0.3 is 5.97 Å². The molecule has 0 amide bonds. The van der Waals surface area contributed by atoms with Crippen molar-refractivity contribution in [2.24, 2.45) is 11.3 Å². The standard InChI is InChI=1S/C32H37FO5/c1-32(2,3)31(35)28-15-20(9-13-25(28)27-17-23(36-4)12-14-29(27)33)19-38-24-8-6-7-22(16-24)26(21-10-11-21)18-30(34)37-5/h6-9,12-17,21,26,31,35H,10-11,18-19H2,1-5H3/t26-,31?/m0/s1. The zero-order chi connectivity index (χ0) is 27.4. The topological polar surface area (TPSA) is 65.0 Å². The summed E-state index contributed by atoms with van der Waals surface area (Å²) in [5, 5.41) is 11.2. The summed E-state index contributed by atoms with van der Waals surface area (Å²) in [5.74, 6) is 1.28. The van der Waals surface area contributed by atoms with Crippen LogP contribution in [0.15, 0.2) is 60.7 Å². The van der Waals surface area contributed by atoms with Gasteiger partial charge in [-0.25, -0.2) is 4.39 Å². The van der Waals surface area contributed by atoms with Gasteiger partial charge < -0.3 is 19.3 Å². The highest BCUT2D eigenvalue weighted by Gasteiger charge is 2.34. The van der Waals surface area contributed by atoms with Crippen molar-refractivity contribution < 1.29 is 28.5 Å². The van der Waals surface area contributed by atoms with Gasteiger partial charge in [-0.15, -0.1) is 0 Å². The number of methoxy groups -OCH3 is 2. The van der Waals surface area contributed by atoms with Gasteiger partial charge in [0, 0.05) is 5.56 Å². The van der Waals surface area contributed by atoms with Crippen molar-refractivity contribution in [2.45, 2.75) is 58.7 Å². The molecule has 38 heavy (non-hydrogen) atoms. The molecule has 0 heterocycles. The van der Waals surface area contributed by atoms with E-state index >= 15 is 0 Å². The Morgan fingerprint density at radius 2 is 1.76 bits per heavy atom. The summed E-state index contributed by atoms with van der Waals surface area (Å²) in [6.07, 6.45) is 1.77. The first-order chi connectivity index (χ1) is 18.1. The van der Waals surface area contributed by atoms with Crippen LogP contribution in [0.1, 0.15) is 68.7 Å². The van der Waals surface area contributed by atoms with Crippen molar-refractivity contribution in [1.29, 1.82) is 0 Å². The third-order valence-electron chi connectivity index (χ3n) is 7.19. The maximum atomic E-state index is 14.9. The number of benzene rings is 3. The van der Waals surface area contributed by atoms with Crippen LogP contribution in [-0.4, -0.2) is 25.3 Å². The molecule has 0 radical (unpaired) electrons. The number of hydrogen-bond acceptors (Lipinski definition) is 5. The highest BCUT2D eigenvalue weighted by atomic mass is 19.1. The predicted molar refractivity (Wildman–Crippen MR) is 146 cm³/mol. The molecule has 1 fully saturated rings. The van der Waals surface area contributed by atoms with E-state index in [2.05, 4.69) is 0 Å². The molecule has 4 rings (SSSR count). The second-order valence-corrected chi connectivity index (χ2v) is 11.1. The molecule has 0 aliphatic heterocycles. The van der Waals surface area contributed by atoms with E-state index in [0.717, 1.165) is 24.0 Å². The van der Waals surface area contributed by atoms with Crippen LogP contribution in [0.3, 0.4) is 0 Å². The van der Waals surface area contributed by atoms with Crippen LogP contribution in [0.5, 0.6) is 11.5 Å². The molecule has 1 unspecified atom stereocenters. The lowest BCUT2D eigenvalue weighted by Crippen LogP contribution is -2.19. The molecule has 1 aliphatic rings. The number of hydrogen-bond donors (Lipinski definition) is 1. The lowest BCUT2D eigenvalue weighted by molar-refractivity contribution is -0.141. The van der Waals surface area contributed by atoms with Gasteiger partial charge in [0.25, 0.3) is 0 Å². The molecule has 0 bridgehead atoms. The van der Waals surface area contributed by atoms with E-state index in [-0.39, 0.29) is 24.3 Å². The fraction of sp³-hybridized carbons (Fsp3) is 0.406. The lowest BCUT2D eigenvalue weighted by Gasteiger charge is -2.28. The Morgan fingerprint density at radius 1 is 1.00 bits per heavy atom. The highest BCUT2D eigenvalue weighted by Crippen LogP contribution is 2.45. The van der Waals surface area contributed by atoms with Crippen molar-refractivity contribution >= 4 is 5.97 Å². The van der Waals surface area contributed by atoms with E-state index in [0.29, 0.717) is 40.5 Å². The van der Waals surface area contributed by atoms with E-state index < -0.39 is 11.5 Å². The molecular weight excluding hydrogens is 483 g/mol. The van der Waals surface area contributed by atoms with Crippen LogP contribution < -0.4 is 9.47 Å². The normalized spacial score (nSPS) is 15.0. The minimum Gasteiger partial charge on any atom is -0.497 e. The van der Waals surface area contributed by atoms with Crippen LogP contribution in [0.4, 0.5) is 4.39 Å². The molecule has 0 saturated heterocycles.